The Hall–Kier alpha value is -3.51. The zero-order valence-electron chi connectivity index (χ0n) is 15.0. The fraction of sp³-hybridized carbons (Fsp3) is 0.0455. The van der Waals surface area contributed by atoms with Crippen LogP contribution in [0.5, 0.6) is 0 Å². The lowest BCUT2D eigenvalue weighted by atomic mass is 10.1. The molecule has 138 valence electrons. The summed E-state index contributed by atoms with van der Waals surface area (Å²) in [6.07, 6.45) is 0. The van der Waals surface area contributed by atoms with Gasteiger partial charge < -0.3 is 10.6 Å². The molecule has 0 saturated carbocycles. The van der Waals surface area contributed by atoms with Crippen LogP contribution in [0.4, 0.5) is 11.5 Å². The number of nitrogens with zero attached hydrogens (tertiary/aromatic N) is 2. The number of amides is 1. The van der Waals surface area contributed by atoms with Crippen LogP contribution < -0.4 is 10.6 Å². The first-order valence-electron chi connectivity index (χ1n) is 8.83. The summed E-state index contributed by atoms with van der Waals surface area (Å²) >= 11 is 1.62. The molecule has 0 spiro atoms. The van der Waals surface area contributed by atoms with Gasteiger partial charge in [-0.3, -0.25) is 4.79 Å². The highest BCUT2D eigenvalue weighted by molar-refractivity contribution is 7.07. The second-order valence-electron chi connectivity index (χ2n) is 6.19. The number of aromatic nitrogens is 2. The monoisotopic (exact) mass is 386 g/mol. The number of carbonyl (C=O) groups is 1. The van der Waals surface area contributed by atoms with Gasteiger partial charge in [0, 0.05) is 23.4 Å². The van der Waals surface area contributed by atoms with Crippen molar-refractivity contribution in [3.8, 4) is 11.3 Å². The summed E-state index contributed by atoms with van der Waals surface area (Å²) in [5, 5.41) is 18.6. The molecule has 0 aliphatic heterocycles. The van der Waals surface area contributed by atoms with Crippen molar-refractivity contribution in [2.24, 2.45) is 0 Å². The summed E-state index contributed by atoms with van der Waals surface area (Å²) in [5.41, 5.74) is 4.30. The Morgan fingerprint density at radius 2 is 1.82 bits per heavy atom. The normalized spacial score (nSPS) is 10.4. The van der Waals surface area contributed by atoms with E-state index in [1.165, 1.54) is 0 Å². The van der Waals surface area contributed by atoms with Crippen molar-refractivity contribution < 1.29 is 4.79 Å². The molecule has 0 atom stereocenters. The molecule has 4 rings (SSSR count). The first-order valence-corrected chi connectivity index (χ1v) is 9.78. The number of rotatable bonds is 6. The molecule has 0 unspecified atom stereocenters. The van der Waals surface area contributed by atoms with Gasteiger partial charge in [-0.2, -0.15) is 11.3 Å². The number of hydrogen-bond acceptors (Lipinski definition) is 5. The van der Waals surface area contributed by atoms with E-state index in [1.54, 1.807) is 23.5 Å². The molecule has 1 amide bonds. The molecule has 2 N–H and O–H groups in total. The molecular weight excluding hydrogens is 368 g/mol. The molecule has 0 aliphatic rings. The number of nitrogens with one attached hydrogen (secondary N) is 2. The van der Waals surface area contributed by atoms with Crippen LogP contribution in [0.15, 0.2) is 83.6 Å². The van der Waals surface area contributed by atoms with Crippen LogP contribution in [0, 0.1) is 0 Å². The Labute approximate surface area is 167 Å². The van der Waals surface area contributed by atoms with E-state index < -0.39 is 0 Å². The molecule has 4 aromatic rings. The zero-order chi connectivity index (χ0) is 19.2. The van der Waals surface area contributed by atoms with Gasteiger partial charge in [0.2, 0.25) is 0 Å². The number of benzene rings is 2. The van der Waals surface area contributed by atoms with Gasteiger partial charge in [-0.15, -0.1) is 10.2 Å². The van der Waals surface area contributed by atoms with Crippen LogP contribution in [0.2, 0.25) is 0 Å². The van der Waals surface area contributed by atoms with Gasteiger partial charge in [-0.1, -0.05) is 36.4 Å². The highest BCUT2D eigenvalue weighted by Crippen LogP contribution is 2.19. The van der Waals surface area contributed by atoms with E-state index in [2.05, 4.69) is 20.8 Å². The molecule has 0 bridgehead atoms. The van der Waals surface area contributed by atoms with E-state index in [4.69, 9.17) is 0 Å². The minimum absolute atomic E-state index is 0.111. The lowest BCUT2D eigenvalue weighted by Gasteiger charge is -2.08. The largest absolute Gasteiger partial charge is 0.348 e. The SMILES string of the molecule is O=C(NCc1ccsc1)c1cccc(Nc2ccc(-c3ccccc3)nn2)c1. The van der Waals surface area contributed by atoms with Crippen LogP contribution in [-0.2, 0) is 6.54 Å². The number of anilines is 2. The first kappa shape index (κ1) is 17.9. The average Bonchev–Trinajstić information content (AvgIpc) is 3.27. The van der Waals surface area contributed by atoms with Crippen molar-refractivity contribution in [3.63, 3.8) is 0 Å². The standard InChI is InChI=1S/C22H18N4OS/c27-22(23-14-16-11-12-28-15-16)18-7-4-8-19(13-18)24-21-10-9-20(25-26-21)17-5-2-1-3-6-17/h1-13,15H,14H2,(H,23,27)(H,24,26). The molecule has 28 heavy (non-hydrogen) atoms. The maximum Gasteiger partial charge on any atom is 0.251 e. The minimum atomic E-state index is -0.111. The zero-order valence-corrected chi connectivity index (χ0v) is 15.8. The van der Waals surface area contributed by atoms with Crippen LogP contribution >= 0.6 is 11.3 Å². The fourth-order valence-electron chi connectivity index (χ4n) is 2.73. The maximum atomic E-state index is 12.4. The van der Waals surface area contributed by atoms with Crippen molar-refractivity contribution in [2.75, 3.05) is 5.32 Å². The Kier molecular flexibility index (Phi) is 5.40. The van der Waals surface area contributed by atoms with Gasteiger partial charge >= 0.3 is 0 Å². The van der Waals surface area contributed by atoms with Crippen LogP contribution in [-0.4, -0.2) is 16.1 Å². The van der Waals surface area contributed by atoms with Gasteiger partial charge in [-0.25, -0.2) is 0 Å². The van der Waals surface area contributed by atoms with E-state index in [1.807, 2.05) is 71.4 Å². The fourth-order valence-corrected chi connectivity index (χ4v) is 3.39. The van der Waals surface area contributed by atoms with Crippen molar-refractivity contribution in [3.05, 3.63) is 94.7 Å². The van der Waals surface area contributed by atoms with Crippen molar-refractivity contribution >= 4 is 28.7 Å². The Morgan fingerprint density at radius 3 is 2.57 bits per heavy atom. The van der Waals surface area contributed by atoms with Gasteiger partial charge in [-0.05, 0) is 52.7 Å². The summed E-state index contributed by atoms with van der Waals surface area (Å²) in [7, 11) is 0. The molecule has 2 heterocycles. The third-order valence-corrected chi connectivity index (χ3v) is 4.90. The van der Waals surface area contributed by atoms with E-state index in [0.29, 0.717) is 17.9 Å². The van der Waals surface area contributed by atoms with Crippen molar-refractivity contribution in [1.29, 1.82) is 0 Å². The molecule has 6 heteroatoms. The summed E-state index contributed by atoms with van der Waals surface area (Å²) in [4.78, 5) is 12.4. The van der Waals surface area contributed by atoms with Gasteiger partial charge in [0.25, 0.3) is 5.91 Å². The predicted molar refractivity (Wildman–Crippen MR) is 113 cm³/mol. The van der Waals surface area contributed by atoms with Crippen LogP contribution in [0.3, 0.4) is 0 Å². The summed E-state index contributed by atoms with van der Waals surface area (Å²) in [6.45, 7) is 0.520. The molecule has 2 aromatic heterocycles. The molecule has 0 fully saturated rings. The van der Waals surface area contributed by atoms with Crippen molar-refractivity contribution in [1.82, 2.24) is 15.5 Å². The Bertz CT molecular complexity index is 1050. The van der Waals surface area contributed by atoms with Crippen molar-refractivity contribution in [2.45, 2.75) is 6.54 Å². The highest BCUT2D eigenvalue weighted by Gasteiger charge is 2.07. The van der Waals surface area contributed by atoms with Crippen LogP contribution in [0.1, 0.15) is 15.9 Å². The number of thiophene rings is 1. The van der Waals surface area contributed by atoms with E-state index in [-0.39, 0.29) is 5.91 Å². The molecular formula is C22H18N4OS. The highest BCUT2D eigenvalue weighted by atomic mass is 32.1. The minimum Gasteiger partial charge on any atom is -0.348 e. The second-order valence-corrected chi connectivity index (χ2v) is 6.97. The Balaban J connectivity index is 1.42. The second kappa shape index (κ2) is 8.45. The first-order chi connectivity index (χ1) is 13.8. The predicted octanol–water partition coefficient (Wildman–Crippen LogP) is 4.88. The smallest absolute Gasteiger partial charge is 0.251 e. The van der Waals surface area contributed by atoms with Crippen LogP contribution in [0.25, 0.3) is 11.3 Å². The molecule has 5 nitrogen and oxygen atoms in total. The number of hydrogen-bond donors (Lipinski definition) is 2. The van der Waals surface area contributed by atoms with E-state index >= 15 is 0 Å². The van der Waals surface area contributed by atoms with E-state index in [0.717, 1.165) is 22.5 Å². The quantitative estimate of drug-likeness (QED) is 0.496. The molecule has 0 aliphatic carbocycles. The molecule has 2 aromatic carbocycles. The Morgan fingerprint density at radius 1 is 0.929 bits per heavy atom. The third kappa shape index (κ3) is 4.42. The summed E-state index contributed by atoms with van der Waals surface area (Å²) in [6, 6.07) is 23.0. The number of carbonyl (C=O) groups excluding carboxylic acids is 1. The van der Waals surface area contributed by atoms with Gasteiger partial charge in [0.1, 0.15) is 0 Å². The summed E-state index contributed by atoms with van der Waals surface area (Å²) in [5.74, 6) is 0.510. The average molecular weight is 386 g/mol. The molecule has 0 radical (unpaired) electrons. The maximum absolute atomic E-state index is 12.4. The van der Waals surface area contributed by atoms with E-state index in [9.17, 15) is 4.79 Å². The topological polar surface area (TPSA) is 66.9 Å². The lowest BCUT2D eigenvalue weighted by Crippen LogP contribution is -2.22. The van der Waals surface area contributed by atoms with Gasteiger partial charge in [0.15, 0.2) is 5.82 Å². The summed E-state index contributed by atoms with van der Waals surface area (Å²) < 4.78 is 0. The third-order valence-electron chi connectivity index (χ3n) is 4.16. The lowest BCUT2D eigenvalue weighted by molar-refractivity contribution is 0.0951. The molecule has 0 saturated heterocycles. The van der Waals surface area contributed by atoms with Gasteiger partial charge in [0.05, 0.1) is 5.69 Å².